The third-order valence-electron chi connectivity index (χ3n) is 6.90. The highest BCUT2D eigenvalue weighted by atomic mass is 16.6. The van der Waals surface area contributed by atoms with Crippen LogP contribution in [0.5, 0.6) is 0 Å². The molecule has 2 fully saturated rings. The second-order valence-corrected chi connectivity index (χ2v) is 10.9. The van der Waals surface area contributed by atoms with Gasteiger partial charge in [0.05, 0.1) is 23.3 Å². The molecule has 2 amide bonds. The maximum absolute atomic E-state index is 12.8. The lowest BCUT2D eigenvalue weighted by Crippen LogP contribution is -2.57. The van der Waals surface area contributed by atoms with Crippen LogP contribution in [0.4, 0.5) is 15.3 Å². The van der Waals surface area contributed by atoms with E-state index in [-0.39, 0.29) is 30.7 Å². The molecule has 2 aliphatic heterocycles. The van der Waals surface area contributed by atoms with Crippen molar-refractivity contribution in [3.8, 4) is 6.07 Å². The average Bonchev–Trinajstić information content (AvgIpc) is 3.15. The molecule has 2 saturated heterocycles. The quantitative estimate of drug-likeness (QED) is 0.583. The van der Waals surface area contributed by atoms with E-state index < -0.39 is 11.7 Å². The third-order valence-corrected chi connectivity index (χ3v) is 6.90. The summed E-state index contributed by atoms with van der Waals surface area (Å²) in [6.07, 6.45) is 1.15. The Morgan fingerprint density at radius 1 is 1.11 bits per heavy atom. The molecule has 1 N–H and O–H groups in total. The van der Waals surface area contributed by atoms with Gasteiger partial charge in [-0.25, -0.2) is 9.59 Å². The summed E-state index contributed by atoms with van der Waals surface area (Å²) >= 11 is 0. The summed E-state index contributed by atoms with van der Waals surface area (Å²) < 4.78 is 10.9. The van der Waals surface area contributed by atoms with Crippen LogP contribution in [0.3, 0.4) is 0 Å². The molecular formula is C29H36N4O4. The Hall–Kier alpha value is -3.73. The number of hydrogen-bond donors (Lipinski definition) is 1. The summed E-state index contributed by atoms with van der Waals surface area (Å²) in [5, 5.41) is 12.7. The van der Waals surface area contributed by atoms with Gasteiger partial charge in [0.15, 0.2) is 0 Å². The molecule has 2 aliphatic rings. The fourth-order valence-electron chi connectivity index (χ4n) is 5.07. The van der Waals surface area contributed by atoms with Crippen LogP contribution in [0.25, 0.3) is 0 Å². The minimum atomic E-state index is -0.526. The summed E-state index contributed by atoms with van der Waals surface area (Å²) in [7, 11) is 0. The standard InChI is InChI=1S/C29H36N4O4/c1-20(16-31-27(34)36-19-21-8-6-5-7-9-21)22-10-13-26(23(14-22)15-30)32-17-24-11-12-25(18-32)33(24)28(35)37-29(2,3)4/h5-10,13-14,20,24-25H,11-12,16-19H2,1-4H3,(H,31,34). The predicted octanol–water partition coefficient (Wildman–Crippen LogP) is 5.18. The second kappa shape index (κ2) is 11.1. The highest BCUT2D eigenvalue weighted by Gasteiger charge is 2.44. The lowest BCUT2D eigenvalue weighted by Gasteiger charge is -2.42. The highest BCUT2D eigenvalue weighted by Crippen LogP contribution is 2.35. The zero-order valence-corrected chi connectivity index (χ0v) is 22.1. The molecule has 4 rings (SSSR count). The minimum Gasteiger partial charge on any atom is -0.445 e. The molecule has 2 aromatic carbocycles. The molecule has 2 bridgehead atoms. The second-order valence-electron chi connectivity index (χ2n) is 10.9. The van der Waals surface area contributed by atoms with Gasteiger partial charge < -0.3 is 19.7 Å². The summed E-state index contributed by atoms with van der Waals surface area (Å²) in [5.74, 6) is 0.00521. The Kier molecular flexibility index (Phi) is 7.91. The Bertz CT molecular complexity index is 1140. The van der Waals surface area contributed by atoms with E-state index >= 15 is 0 Å². The fraction of sp³-hybridized carbons (Fsp3) is 0.483. The molecule has 3 atom stereocenters. The van der Waals surface area contributed by atoms with E-state index in [0.717, 1.165) is 29.7 Å². The Balaban J connectivity index is 1.35. The molecule has 0 spiro atoms. The Morgan fingerprint density at radius 3 is 2.41 bits per heavy atom. The topological polar surface area (TPSA) is 94.9 Å². The van der Waals surface area contributed by atoms with Crippen molar-refractivity contribution >= 4 is 17.9 Å². The first-order valence-electron chi connectivity index (χ1n) is 12.9. The van der Waals surface area contributed by atoms with Gasteiger partial charge in [-0.05, 0) is 62.8 Å². The first-order chi connectivity index (χ1) is 17.6. The number of rotatable bonds is 6. The van der Waals surface area contributed by atoms with Crippen molar-refractivity contribution in [2.45, 2.75) is 70.7 Å². The van der Waals surface area contributed by atoms with Gasteiger partial charge in [0, 0.05) is 19.6 Å². The molecule has 0 aromatic heterocycles. The number of nitriles is 1. The van der Waals surface area contributed by atoms with Gasteiger partial charge in [0.1, 0.15) is 18.3 Å². The van der Waals surface area contributed by atoms with E-state index in [1.807, 2.05) is 81.1 Å². The zero-order chi connectivity index (χ0) is 26.6. The first-order valence-corrected chi connectivity index (χ1v) is 12.9. The van der Waals surface area contributed by atoms with Crippen molar-refractivity contribution in [2.24, 2.45) is 0 Å². The number of carbonyl (C=O) groups excluding carboxylic acids is 2. The molecule has 8 heteroatoms. The Morgan fingerprint density at radius 2 is 1.78 bits per heavy atom. The molecule has 0 saturated carbocycles. The van der Waals surface area contributed by atoms with Crippen LogP contribution in [-0.4, -0.2) is 54.4 Å². The van der Waals surface area contributed by atoms with Crippen LogP contribution in [0.2, 0.25) is 0 Å². The summed E-state index contributed by atoms with van der Waals surface area (Å²) in [5.41, 5.74) is 2.86. The van der Waals surface area contributed by atoms with Gasteiger partial charge in [-0.1, -0.05) is 43.3 Å². The van der Waals surface area contributed by atoms with Crippen LogP contribution in [0.15, 0.2) is 48.5 Å². The number of benzene rings is 2. The van der Waals surface area contributed by atoms with Crippen molar-refractivity contribution < 1.29 is 19.1 Å². The number of piperazine rings is 1. The molecule has 2 aromatic rings. The molecule has 0 aliphatic carbocycles. The van der Waals surface area contributed by atoms with Crippen molar-refractivity contribution in [3.63, 3.8) is 0 Å². The number of fused-ring (bicyclic) bond motifs is 2. The number of ether oxygens (including phenoxy) is 2. The highest BCUT2D eigenvalue weighted by molar-refractivity contribution is 5.71. The first kappa shape index (κ1) is 26.3. The van der Waals surface area contributed by atoms with E-state index in [4.69, 9.17) is 9.47 Å². The van der Waals surface area contributed by atoms with Gasteiger partial charge in [0.25, 0.3) is 0 Å². The number of nitrogens with one attached hydrogen (secondary N) is 1. The largest absolute Gasteiger partial charge is 0.445 e. The predicted molar refractivity (Wildman–Crippen MR) is 141 cm³/mol. The van der Waals surface area contributed by atoms with Crippen molar-refractivity contribution in [1.82, 2.24) is 10.2 Å². The summed E-state index contributed by atoms with van der Waals surface area (Å²) in [6.45, 7) is 9.62. The van der Waals surface area contributed by atoms with E-state index in [2.05, 4.69) is 16.3 Å². The minimum absolute atomic E-state index is 0.00521. The molecule has 196 valence electrons. The van der Waals surface area contributed by atoms with Gasteiger partial charge in [-0.3, -0.25) is 4.90 Å². The van der Waals surface area contributed by atoms with Gasteiger partial charge >= 0.3 is 12.2 Å². The maximum atomic E-state index is 12.8. The van der Waals surface area contributed by atoms with Crippen LogP contribution in [-0.2, 0) is 16.1 Å². The molecular weight excluding hydrogens is 468 g/mol. The normalized spacial score (nSPS) is 19.6. The SMILES string of the molecule is CC(CNC(=O)OCc1ccccc1)c1ccc(N2CC3CCC(C2)N3C(=O)OC(C)(C)C)c(C#N)c1. The third kappa shape index (κ3) is 6.53. The Labute approximate surface area is 219 Å². The van der Waals surface area contributed by atoms with Crippen LogP contribution in [0.1, 0.15) is 63.1 Å². The van der Waals surface area contributed by atoms with Crippen LogP contribution >= 0.6 is 0 Å². The number of alkyl carbamates (subject to hydrolysis) is 1. The lowest BCUT2D eigenvalue weighted by molar-refractivity contribution is 0.0123. The lowest BCUT2D eigenvalue weighted by atomic mass is 9.97. The number of amides is 2. The van der Waals surface area contributed by atoms with Gasteiger partial charge in [0.2, 0.25) is 0 Å². The van der Waals surface area contributed by atoms with Crippen molar-refractivity contribution in [1.29, 1.82) is 5.26 Å². The molecule has 3 unspecified atom stereocenters. The van der Waals surface area contributed by atoms with Gasteiger partial charge in [-0.2, -0.15) is 5.26 Å². The van der Waals surface area contributed by atoms with E-state index in [0.29, 0.717) is 25.2 Å². The van der Waals surface area contributed by atoms with Crippen molar-refractivity contribution in [2.75, 3.05) is 24.5 Å². The fourth-order valence-corrected chi connectivity index (χ4v) is 5.07. The smallest absolute Gasteiger partial charge is 0.410 e. The van der Waals surface area contributed by atoms with E-state index in [1.165, 1.54) is 0 Å². The maximum Gasteiger partial charge on any atom is 0.410 e. The monoisotopic (exact) mass is 504 g/mol. The number of hydrogen-bond acceptors (Lipinski definition) is 6. The molecule has 8 nitrogen and oxygen atoms in total. The summed E-state index contributed by atoms with van der Waals surface area (Å²) in [4.78, 5) is 29.0. The number of carbonyl (C=O) groups is 2. The molecule has 2 heterocycles. The zero-order valence-electron chi connectivity index (χ0n) is 22.1. The van der Waals surface area contributed by atoms with Crippen molar-refractivity contribution in [3.05, 3.63) is 65.2 Å². The summed E-state index contributed by atoms with van der Waals surface area (Å²) in [6, 6.07) is 17.9. The number of anilines is 1. The number of nitrogens with zero attached hydrogens (tertiary/aromatic N) is 3. The average molecular weight is 505 g/mol. The molecule has 0 radical (unpaired) electrons. The van der Waals surface area contributed by atoms with E-state index in [9.17, 15) is 14.9 Å². The molecule has 37 heavy (non-hydrogen) atoms. The van der Waals surface area contributed by atoms with E-state index in [1.54, 1.807) is 0 Å². The van der Waals surface area contributed by atoms with Gasteiger partial charge in [-0.15, -0.1) is 0 Å². The van der Waals surface area contributed by atoms with Crippen LogP contribution < -0.4 is 10.2 Å². The van der Waals surface area contributed by atoms with Crippen LogP contribution in [0, 0.1) is 11.3 Å².